The molecule has 0 radical (unpaired) electrons. The van der Waals surface area contributed by atoms with Gasteiger partial charge in [0.2, 0.25) is 0 Å². The van der Waals surface area contributed by atoms with E-state index in [0.717, 1.165) is 38.0 Å². The minimum atomic E-state index is -0.252. The lowest BCUT2D eigenvalue weighted by atomic mass is 10.0. The van der Waals surface area contributed by atoms with Gasteiger partial charge in [0.1, 0.15) is 5.82 Å². The molecule has 0 aromatic heterocycles. The van der Waals surface area contributed by atoms with Crippen LogP contribution in [0, 0.1) is 5.82 Å². The number of likely N-dealkylation sites (tertiary alicyclic amines) is 1. The van der Waals surface area contributed by atoms with Crippen LogP contribution in [0.25, 0.3) is 0 Å². The van der Waals surface area contributed by atoms with Gasteiger partial charge in [-0.15, -0.1) is 12.4 Å². The lowest BCUT2D eigenvalue weighted by Crippen LogP contribution is -2.40. The van der Waals surface area contributed by atoms with Gasteiger partial charge in [0.15, 0.2) is 0 Å². The van der Waals surface area contributed by atoms with Crippen LogP contribution in [-0.2, 0) is 6.54 Å². The molecule has 0 unspecified atom stereocenters. The number of hydrogen-bond acceptors (Lipinski definition) is 2. The summed E-state index contributed by atoms with van der Waals surface area (Å²) in [4.78, 5) is 2.35. The van der Waals surface area contributed by atoms with Gasteiger partial charge in [0.05, 0.1) is 0 Å². The van der Waals surface area contributed by atoms with Crippen molar-refractivity contribution in [1.29, 1.82) is 0 Å². The number of nitrogens with one attached hydrogen (secondary N) is 1. The molecule has 102 valence electrons. The first-order valence-electron chi connectivity index (χ1n) is 6.02. The molecule has 2 rings (SSSR count). The molecular formula is C13H19Cl2FN2. The molecule has 1 heterocycles. The van der Waals surface area contributed by atoms with Crippen LogP contribution in [0.5, 0.6) is 0 Å². The van der Waals surface area contributed by atoms with E-state index in [4.69, 9.17) is 11.6 Å². The highest BCUT2D eigenvalue weighted by atomic mass is 35.5. The summed E-state index contributed by atoms with van der Waals surface area (Å²) in [6.45, 7) is 2.90. The Kier molecular flexibility index (Phi) is 6.36. The maximum absolute atomic E-state index is 13.2. The fraction of sp³-hybridized carbons (Fsp3) is 0.538. The highest BCUT2D eigenvalue weighted by Crippen LogP contribution is 2.18. The van der Waals surface area contributed by atoms with E-state index in [2.05, 4.69) is 10.2 Å². The average Bonchev–Trinajstić information content (AvgIpc) is 2.28. The third kappa shape index (κ3) is 4.39. The zero-order chi connectivity index (χ0) is 12.3. The fourth-order valence-electron chi connectivity index (χ4n) is 2.34. The normalized spacial score (nSPS) is 17.5. The van der Waals surface area contributed by atoms with Crippen molar-refractivity contribution >= 4 is 24.0 Å². The van der Waals surface area contributed by atoms with E-state index < -0.39 is 0 Å². The maximum atomic E-state index is 13.2. The van der Waals surface area contributed by atoms with Crippen molar-refractivity contribution in [3.8, 4) is 0 Å². The highest BCUT2D eigenvalue weighted by Gasteiger charge is 2.17. The lowest BCUT2D eigenvalue weighted by molar-refractivity contribution is 0.194. The Hall–Kier alpha value is -0.350. The van der Waals surface area contributed by atoms with Crippen molar-refractivity contribution in [1.82, 2.24) is 10.2 Å². The average molecular weight is 293 g/mol. The van der Waals surface area contributed by atoms with E-state index in [1.165, 1.54) is 6.07 Å². The monoisotopic (exact) mass is 292 g/mol. The number of benzene rings is 1. The van der Waals surface area contributed by atoms with E-state index in [1.54, 1.807) is 6.07 Å². The predicted molar refractivity (Wildman–Crippen MR) is 76.0 cm³/mol. The van der Waals surface area contributed by atoms with Crippen LogP contribution < -0.4 is 5.32 Å². The van der Waals surface area contributed by atoms with Crippen LogP contribution in [0.4, 0.5) is 4.39 Å². The Labute approximate surface area is 119 Å². The molecule has 1 saturated heterocycles. The number of halogens is 3. The molecule has 5 heteroatoms. The Bertz CT molecular complexity index is 359. The summed E-state index contributed by atoms with van der Waals surface area (Å²) in [5.41, 5.74) is 0.956. The summed E-state index contributed by atoms with van der Waals surface area (Å²) >= 11 is 5.84. The Morgan fingerprint density at radius 2 is 2.00 bits per heavy atom. The molecule has 18 heavy (non-hydrogen) atoms. The molecule has 0 bridgehead atoms. The Morgan fingerprint density at radius 3 is 2.56 bits per heavy atom. The lowest BCUT2D eigenvalue weighted by Gasteiger charge is -2.31. The molecule has 0 amide bonds. The molecule has 2 nitrogen and oxygen atoms in total. The van der Waals surface area contributed by atoms with Crippen LogP contribution in [-0.4, -0.2) is 31.1 Å². The van der Waals surface area contributed by atoms with Gasteiger partial charge in [-0.2, -0.15) is 0 Å². The molecule has 0 atom stereocenters. The van der Waals surface area contributed by atoms with Crippen LogP contribution in [0.2, 0.25) is 5.02 Å². The van der Waals surface area contributed by atoms with Crippen molar-refractivity contribution in [3.05, 3.63) is 34.6 Å². The van der Waals surface area contributed by atoms with Crippen LogP contribution in [0.3, 0.4) is 0 Å². The van der Waals surface area contributed by atoms with Gasteiger partial charge in [0.25, 0.3) is 0 Å². The second kappa shape index (κ2) is 7.29. The SMILES string of the molecule is CNC1CCN(Cc2cc(F)cc(Cl)c2)CC1.Cl. The van der Waals surface area contributed by atoms with Crippen molar-refractivity contribution in [2.24, 2.45) is 0 Å². The number of piperidine rings is 1. The van der Waals surface area contributed by atoms with Gasteiger partial charge in [0, 0.05) is 17.6 Å². The molecule has 1 aromatic rings. The summed E-state index contributed by atoms with van der Waals surface area (Å²) in [6.07, 6.45) is 2.30. The van der Waals surface area contributed by atoms with E-state index in [-0.39, 0.29) is 18.2 Å². The number of rotatable bonds is 3. The van der Waals surface area contributed by atoms with Crippen LogP contribution in [0.15, 0.2) is 18.2 Å². The second-order valence-electron chi connectivity index (χ2n) is 4.62. The maximum Gasteiger partial charge on any atom is 0.125 e. The molecular weight excluding hydrogens is 274 g/mol. The summed E-state index contributed by atoms with van der Waals surface area (Å²) in [5, 5.41) is 3.78. The van der Waals surface area contributed by atoms with Gasteiger partial charge < -0.3 is 5.32 Å². The minimum Gasteiger partial charge on any atom is -0.317 e. The number of nitrogens with zero attached hydrogens (tertiary/aromatic N) is 1. The number of hydrogen-bond donors (Lipinski definition) is 1. The van der Waals surface area contributed by atoms with Gasteiger partial charge in [-0.05, 0) is 56.7 Å². The van der Waals surface area contributed by atoms with Crippen molar-refractivity contribution in [2.45, 2.75) is 25.4 Å². The van der Waals surface area contributed by atoms with Crippen LogP contribution in [0.1, 0.15) is 18.4 Å². The molecule has 0 saturated carbocycles. The first-order chi connectivity index (χ1) is 8.17. The van der Waals surface area contributed by atoms with Gasteiger partial charge in [-0.25, -0.2) is 4.39 Å². The van der Waals surface area contributed by atoms with E-state index in [1.807, 2.05) is 13.1 Å². The molecule has 0 aliphatic carbocycles. The summed E-state index contributed by atoms with van der Waals surface area (Å²) in [6, 6.07) is 5.38. The predicted octanol–water partition coefficient (Wildman–Crippen LogP) is 3.08. The molecule has 1 fully saturated rings. The van der Waals surface area contributed by atoms with E-state index >= 15 is 0 Å². The summed E-state index contributed by atoms with van der Waals surface area (Å²) < 4.78 is 13.2. The quantitative estimate of drug-likeness (QED) is 0.921. The largest absolute Gasteiger partial charge is 0.317 e. The van der Waals surface area contributed by atoms with E-state index in [0.29, 0.717) is 11.1 Å². The van der Waals surface area contributed by atoms with Crippen molar-refractivity contribution in [2.75, 3.05) is 20.1 Å². The van der Waals surface area contributed by atoms with Crippen molar-refractivity contribution in [3.63, 3.8) is 0 Å². The van der Waals surface area contributed by atoms with Gasteiger partial charge >= 0.3 is 0 Å². The minimum absolute atomic E-state index is 0. The molecule has 1 aliphatic rings. The molecule has 1 aromatic carbocycles. The zero-order valence-electron chi connectivity index (χ0n) is 10.5. The zero-order valence-corrected chi connectivity index (χ0v) is 12.0. The Balaban J connectivity index is 0.00000162. The smallest absolute Gasteiger partial charge is 0.125 e. The fourth-order valence-corrected chi connectivity index (χ4v) is 2.58. The molecule has 1 aliphatic heterocycles. The standard InChI is InChI=1S/C13H18ClFN2.ClH/c1-16-13-2-4-17(5-3-13)9-10-6-11(14)8-12(15)7-10;/h6-8,13,16H,2-5,9H2,1H3;1H. The highest BCUT2D eigenvalue weighted by molar-refractivity contribution is 6.30. The van der Waals surface area contributed by atoms with Gasteiger partial charge in [-0.3, -0.25) is 4.90 Å². The van der Waals surface area contributed by atoms with Crippen molar-refractivity contribution < 1.29 is 4.39 Å². The first kappa shape index (κ1) is 15.7. The third-order valence-corrected chi connectivity index (χ3v) is 3.54. The first-order valence-corrected chi connectivity index (χ1v) is 6.40. The third-order valence-electron chi connectivity index (χ3n) is 3.32. The van der Waals surface area contributed by atoms with E-state index in [9.17, 15) is 4.39 Å². The summed E-state index contributed by atoms with van der Waals surface area (Å²) in [7, 11) is 2.01. The summed E-state index contributed by atoms with van der Waals surface area (Å²) in [5.74, 6) is -0.252. The Morgan fingerprint density at radius 1 is 1.33 bits per heavy atom. The second-order valence-corrected chi connectivity index (χ2v) is 5.05. The topological polar surface area (TPSA) is 15.3 Å². The molecule has 1 N–H and O–H groups in total. The molecule has 0 spiro atoms. The van der Waals surface area contributed by atoms with Gasteiger partial charge in [-0.1, -0.05) is 11.6 Å². The van der Waals surface area contributed by atoms with Crippen LogP contribution >= 0.6 is 24.0 Å².